The molecule has 1 amide bonds. The molecule has 0 saturated heterocycles. The summed E-state index contributed by atoms with van der Waals surface area (Å²) in [6.45, 7) is 2.19. The topological polar surface area (TPSA) is 78.3 Å². The lowest BCUT2D eigenvalue weighted by atomic mass is 10.1. The average Bonchev–Trinajstić information content (AvgIpc) is 2.39. The summed E-state index contributed by atoms with van der Waals surface area (Å²) in [5.41, 5.74) is 13.7. The standard InChI is InChI=1S/C15H15ClN2O2/c1-9-3-2-4-13(17)14(9)20-8-11-6-5-10(15(18)19)7-12(11)16/h2-7H,8,17H2,1H3,(H2,18,19). The number of hydrogen-bond acceptors (Lipinski definition) is 3. The Kier molecular flexibility index (Phi) is 4.15. The molecule has 0 aliphatic carbocycles. The maximum atomic E-state index is 11.0. The first-order chi connectivity index (χ1) is 9.49. The summed E-state index contributed by atoms with van der Waals surface area (Å²) in [6.07, 6.45) is 0. The Balaban J connectivity index is 2.17. The lowest BCUT2D eigenvalue weighted by Gasteiger charge is -2.12. The third-order valence-corrected chi connectivity index (χ3v) is 3.30. The van der Waals surface area contributed by atoms with Crippen LogP contribution in [-0.4, -0.2) is 5.91 Å². The second kappa shape index (κ2) is 5.84. The maximum absolute atomic E-state index is 11.0. The minimum atomic E-state index is -0.512. The van der Waals surface area contributed by atoms with Crippen LogP contribution in [0.1, 0.15) is 21.5 Å². The third-order valence-electron chi connectivity index (χ3n) is 2.95. The number of hydrogen-bond donors (Lipinski definition) is 2. The van der Waals surface area contributed by atoms with Gasteiger partial charge in [0.1, 0.15) is 12.4 Å². The van der Waals surface area contributed by atoms with E-state index >= 15 is 0 Å². The van der Waals surface area contributed by atoms with Crippen molar-refractivity contribution < 1.29 is 9.53 Å². The zero-order valence-electron chi connectivity index (χ0n) is 11.0. The van der Waals surface area contributed by atoms with Gasteiger partial charge in [-0.3, -0.25) is 4.79 Å². The number of nitrogens with two attached hydrogens (primary N) is 2. The average molecular weight is 291 g/mol. The summed E-state index contributed by atoms with van der Waals surface area (Å²) in [5, 5.41) is 0.438. The van der Waals surface area contributed by atoms with Crippen LogP contribution in [0.4, 0.5) is 5.69 Å². The number of nitrogen functional groups attached to an aromatic ring is 1. The number of rotatable bonds is 4. The number of ether oxygens (including phenoxy) is 1. The number of primary amides is 1. The summed E-state index contributed by atoms with van der Waals surface area (Å²) in [6, 6.07) is 10.4. The molecule has 4 nitrogen and oxygen atoms in total. The van der Waals surface area contributed by atoms with Crippen LogP contribution < -0.4 is 16.2 Å². The summed E-state index contributed by atoms with van der Waals surface area (Å²) < 4.78 is 5.71. The number of amides is 1. The summed E-state index contributed by atoms with van der Waals surface area (Å²) in [7, 11) is 0. The highest BCUT2D eigenvalue weighted by Gasteiger charge is 2.08. The molecular formula is C15H15ClN2O2. The molecule has 20 heavy (non-hydrogen) atoms. The summed E-state index contributed by atoms with van der Waals surface area (Å²) >= 11 is 6.10. The van der Waals surface area contributed by atoms with Crippen LogP contribution >= 0.6 is 11.6 Å². The summed E-state index contributed by atoms with van der Waals surface area (Å²) in [4.78, 5) is 11.0. The third kappa shape index (κ3) is 3.03. The first kappa shape index (κ1) is 14.2. The molecule has 0 aliphatic rings. The quantitative estimate of drug-likeness (QED) is 0.850. The van der Waals surface area contributed by atoms with E-state index in [0.717, 1.165) is 11.1 Å². The number of para-hydroxylation sites is 1. The van der Waals surface area contributed by atoms with E-state index in [9.17, 15) is 4.79 Å². The monoisotopic (exact) mass is 290 g/mol. The molecule has 0 aliphatic heterocycles. The second-order valence-electron chi connectivity index (χ2n) is 4.45. The Hall–Kier alpha value is -2.20. The molecule has 2 aromatic carbocycles. The smallest absolute Gasteiger partial charge is 0.248 e. The minimum Gasteiger partial charge on any atom is -0.486 e. The fourth-order valence-electron chi connectivity index (χ4n) is 1.84. The highest BCUT2D eigenvalue weighted by Crippen LogP contribution is 2.27. The Morgan fingerprint density at radius 2 is 2.05 bits per heavy atom. The molecule has 0 radical (unpaired) electrons. The number of benzene rings is 2. The van der Waals surface area contributed by atoms with Gasteiger partial charge in [-0.15, -0.1) is 0 Å². The number of aryl methyl sites for hydroxylation is 1. The van der Waals surface area contributed by atoms with Crippen LogP contribution in [0.2, 0.25) is 5.02 Å². The molecule has 0 aromatic heterocycles. The van der Waals surface area contributed by atoms with E-state index in [4.69, 9.17) is 27.8 Å². The SMILES string of the molecule is Cc1cccc(N)c1OCc1ccc(C(N)=O)cc1Cl. The van der Waals surface area contributed by atoms with Crippen molar-refractivity contribution in [1.29, 1.82) is 0 Å². The maximum Gasteiger partial charge on any atom is 0.248 e. The van der Waals surface area contributed by atoms with Gasteiger partial charge < -0.3 is 16.2 Å². The fourth-order valence-corrected chi connectivity index (χ4v) is 2.07. The first-order valence-corrected chi connectivity index (χ1v) is 6.43. The van der Waals surface area contributed by atoms with Gasteiger partial charge in [-0.1, -0.05) is 29.8 Å². The fraction of sp³-hybridized carbons (Fsp3) is 0.133. The van der Waals surface area contributed by atoms with Crippen LogP contribution in [0.15, 0.2) is 36.4 Å². The number of halogens is 1. The Morgan fingerprint density at radius 3 is 2.65 bits per heavy atom. The van der Waals surface area contributed by atoms with E-state index in [0.29, 0.717) is 22.0 Å². The number of carbonyl (C=O) groups is 1. The van der Waals surface area contributed by atoms with E-state index in [1.165, 1.54) is 6.07 Å². The van der Waals surface area contributed by atoms with E-state index in [-0.39, 0.29) is 6.61 Å². The van der Waals surface area contributed by atoms with E-state index in [1.807, 2.05) is 19.1 Å². The van der Waals surface area contributed by atoms with Crippen LogP contribution in [0.25, 0.3) is 0 Å². The molecule has 2 aromatic rings. The van der Waals surface area contributed by atoms with Crippen LogP contribution in [0.5, 0.6) is 5.75 Å². The second-order valence-corrected chi connectivity index (χ2v) is 4.86. The van der Waals surface area contributed by atoms with Gasteiger partial charge in [0.05, 0.1) is 5.69 Å². The minimum absolute atomic E-state index is 0.271. The van der Waals surface area contributed by atoms with Crippen molar-refractivity contribution in [2.45, 2.75) is 13.5 Å². The Morgan fingerprint density at radius 1 is 1.30 bits per heavy atom. The van der Waals surface area contributed by atoms with E-state index < -0.39 is 5.91 Å². The molecule has 0 fully saturated rings. The number of anilines is 1. The van der Waals surface area contributed by atoms with Crippen molar-refractivity contribution in [3.63, 3.8) is 0 Å². The molecule has 0 atom stereocenters. The number of carbonyl (C=O) groups excluding carboxylic acids is 1. The first-order valence-electron chi connectivity index (χ1n) is 6.05. The van der Waals surface area contributed by atoms with Crippen LogP contribution in [-0.2, 0) is 6.61 Å². The van der Waals surface area contributed by atoms with Gasteiger partial charge in [-0.05, 0) is 30.7 Å². The molecule has 0 saturated carbocycles. The van der Waals surface area contributed by atoms with E-state index in [1.54, 1.807) is 18.2 Å². The van der Waals surface area contributed by atoms with Gasteiger partial charge in [-0.2, -0.15) is 0 Å². The van der Waals surface area contributed by atoms with Gasteiger partial charge in [0.15, 0.2) is 0 Å². The normalized spacial score (nSPS) is 10.3. The van der Waals surface area contributed by atoms with E-state index in [2.05, 4.69) is 0 Å². The lowest BCUT2D eigenvalue weighted by molar-refractivity contribution is 0.1000. The van der Waals surface area contributed by atoms with Crippen molar-refractivity contribution >= 4 is 23.2 Å². The van der Waals surface area contributed by atoms with Crippen molar-refractivity contribution in [1.82, 2.24) is 0 Å². The van der Waals surface area contributed by atoms with Gasteiger partial charge in [-0.25, -0.2) is 0 Å². The molecule has 4 N–H and O–H groups in total. The van der Waals surface area contributed by atoms with Gasteiger partial charge in [0.2, 0.25) is 5.91 Å². The van der Waals surface area contributed by atoms with Crippen LogP contribution in [0.3, 0.4) is 0 Å². The van der Waals surface area contributed by atoms with Crippen molar-refractivity contribution in [3.8, 4) is 5.75 Å². The van der Waals surface area contributed by atoms with Crippen LogP contribution in [0, 0.1) is 6.92 Å². The molecule has 2 rings (SSSR count). The van der Waals surface area contributed by atoms with Crippen molar-refractivity contribution in [2.24, 2.45) is 5.73 Å². The lowest BCUT2D eigenvalue weighted by Crippen LogP contribution is -2.11. The molecule has 5 heteroatoms. The molecule has 0 bridgehead atoms. The Bertz CT molecular complexity index is 636. The highest BCUT2D eigenvalue weighted by atomic mass is 35.5. The van der Waals surface area contributed by atoms with Crippen molar-refractivity contribution in [2.75, 3.05) is 5.73 Å². The van der Waals surface area contributed by atoms with Gasteiger partial charge in [0.25, 0.3) is 0 Å². The molecule has 0 spiro atoms. The predicted octanol–water partition coefficient (Wildman–Crippen LogP) is 2.91. The van der Waals surface area contributed by atoms with Crippen molar-refractivity contribution in [3.05, 3.63) is 58.1 Å². The van der Waals surface area contributed by atoms with Gasteiger partial charge in [0, 0.05) is 16.1 Å². The Labute approximate surface area is 122 Å². The molecule has 0 unspecified atom stereocenters. The largest absolute Gasteiger partial charge is 0.486 e. The highest BCUT2D eigenvalue weighted by molar-refractivity contribution is 6.31. The zero-order chi connectivity index (χ0) is 14.7. The zero-order valence-corrected chi connectivity index (χ0v) is 11.8. The molecular weight excluding hydrogens is 276 g/mol. The summed E-state index contributed by atoms with van der Waals surface area (Å²) in [5.74, 6) is 0.130. The van der Waals surface area contributed by atoms with Gasteiger partial charge >= 0.3 is 0 Å². The predicted molar refractivity (Wildman–Crippen MR) is 79.9 cm³/mol. The molecule has 104 valence electrons. The molecule has 0 heterocycles.